The highest BCUT2D eigenvalue weighted by atomic mass is 35.5. The number of aromatic nitrogens is 2. The molecule has 0 atom stereocenters. The Morgan fingerprint density at radius 2 is 2.19 bits per heavy atom. The first-order valence-corrected chi connectivity index (χ1v) is 6.87. The van der Waals surface area contributed by atoms with Crippen LogP contribution in [0.4, 0.5) is 5.82 Å². The lowest BCUT2D eigenvalue weighted by Crippen LogP contribution is -2.25. The number of carbonyl (C=O) groups is 1. The number of amides is 1. The number of nitrogens with two attached hydrogens (primary N) is 1. The molecule has 0 bridgehead atoms. The highest BCUT2D eigenvalue weighted by molar-refractivity contribution is 6.33. The number of halogens is 1. The fourth-order valence-electron chi connectivity index (χ4n) is 1.88. The van der Waals surface area contributed by atoms with Gasteiger partial charge in [-0.25, -0.2) is 10.8 Å². The molecule has 21 heavy (non-hydrogen) atoms. The maximum absolute atomic E-state index is 12.2. The molecule has 0 aliphatic rings. The second kappa shape index (κ2) is 7.01. The Hall–Kier alpha value is -2.18. The molecule has 2 aromatic rings. The number of hydrazine groups is 1. The fourth-order valence-corrected chi connectivity index (χ4v) is 2.07. The number of aryl methyl sites for hydroxylation is 1. The summed E-state index contributed by atoms with van der Waals surface area (Å²) in [4.78, 5) is 20.5. The molecule has 4 N–H and O–H groups in total. The number of nitrogen functional groups attached to an aromatic ring is 1. The van der Waals surface area contributed by atoms with Crippen LogP contribution in [0.1, 0.15) is 28.7 Å². The summed E-state index contributed by atoms with van der Waals surface area (Å²) in [5.41, 5.74) is 4.43. The third-order valence-corrected chi connectivity index (χ3v) is 3.30. The van der Waals surface area contributed by atoms with Crippen molar-refractivity contribution >= 4 is 23.3 Å². The van der Waals surface area contributed by atoms with Gasteiger partial charge in [0.25, 0.3) is 5.91 Å². The Morgan fingerprint density at radius 1 is 1.38 bits per heavy atom. The molecule has 0 saturated heterocycles. The molecule has 2 rings (SSSR count). The van der Waals surface area contributed by atoms with Gasteiger partial charge in [-0.3, -0.25) is 9.78 Å². The number of pyridine rings is 2. The monoisotopic (exact) mass is 305 g/mol. The van der Waals surface area contributed by atoms with E-state index in [9.17, 15) is 4.79 Å². The molecule has 7 heteroatoms. The summed E-state index contributed by atoms with van der Waals surface area (Å²) in [5, 5.41) is 3.03. The number of hydrogen-bond acceptors (Lipinski definition) is 5. The Kier molecular flexibility index (Phi) is 5.08. The van der Waals surface area contributed by atoms with Crippen LogP contribution in [0.3, 0.4) is 0 Å². The Bertz CT molecular complexity index is 647. The van der Waals surface area contributed by atoms with E-state index in [1.165, 1.54) is 0 Å². The molecule has 6 nitrogen and oxygen atoms in total. The molecule has 0 unspecified atom stereocenters. The van der Waals surface area contributed by atoms with Gasteiger partial charge in [0.2, 0.25) is 0 Å². The Labute approximate surface area is 127 Å². The zero-order valence-corrected chi connectivity index (χ0v) is 12.3. The molecular weight excluding hydrogens is 290 g/mol. The SMILES string of the molecule is CCc1cccnc1CNC(=O)c1nc(NN)ccc1Cl. The number of nitrogens with zero attached hydrogens (tertiary/aromatic N) is 2. The van der Waals surface area contributed by atoms with Crippen molar-refractivity contribution in [2.24, 2.45) is 5.84 Å². The van der Waals surface area contributed by atoms with Crippen LogP contribution >= 0.6 is 11.6 Å². The third-order valence-electron chi connectivity index (χ3n) is 2.99. The summed E-state index contributed by atoms with van der Waals surface area (Å²) in [6.45, 7) is 2.36. The second-order valence-electron chi connectivity index (χ2n) is 4.32. The molecule has 1 amide bonds. The minimum atomic E-state index is -0.371. The number of anilines is 1. The van der Waals surface area contributed by atoms with Crippen LogP contribution in [0.25, 0.3) is 0 Å². The highest BCUT2D eigenvalue weighted by Crippen LogP contribution is 2.16. The van der Waals surface area contributed by atoms with Gasteiger partial charge >= 0.3 is 0 Å². The van der Waals surface area contributed by atoms with E-state index in [2.05, 4.69) is 20.7 Å². The van der Waals surface area contributed by atoms with E-state index in [0.717, 1.165) is 17.7 Å². The van der Waals surface area contributed by atoms with E-state index in [-0.39, 0.29) is 16.6 Å². The number of rotatable bonds is 5. The van der Waals surface area contributed by atoms with Gasteiger partial charge in [-0.15, -0.1) is 0 Å². The first-order chi connectivity index (χ1) is 10.2. The third kappa shape index (κ3) is 3.68. The van der Waals surface area contributed by atoms with E-state index >= 15 is 0 Å². The first kappa shape index (κ1) is 15.2. The van der Waals surface area contributed by atoms with Crippen molar-refractivity contribution in [3.05, 3.63) is 52.4 Å². The topological polar surface area (TPSA) is 92.9 Å². The van der Waals surface area contributed by atoms with Crippen LogP contribution in [0.5, 0.6) is 0 Å². The number of hydrogen-bond donors (Lipinski definition) is 3. The molecule has 2 heterocycles. The normalized spacial score (nSPS) is 10.2. The van der Waals surface area contributed by atoms with Gasteiger partial charge in [0.15, 0.2) is 0 Å². The lowest BCUT2D eigenvalue weighted by Gasteiger charge is -2.09. The van der Waals surface area contributed by atoms with Crippen molar-refractivity contribution in [2.75, 3.05) is 5.43 Å². The minimum Gasteiger partial charge on any atom is -0.345 e. The van der Waals surface area contributed by atoms with E-state index < -0.39 is 0 Å². The van der Waals surface area contributed by atoms with Crippen LogP contribution < -0.4 is 16.6 Å². The molecular formula is C14H16ClN5O. The lowest BCUT2D eigenvalue weighted by atomic mass is 10.1. The summed E-state index contributed by atoms with van der Waals surface area (Å²) in [7, 11) is 0. The molecule has 0 saturated carbocycles. The predicted molar refractivity (Wildman–Crippen MR) is 81.8 cm³/mol. The Balaban J connectivity index is 2.11. The van der Waals surface area contributed by atoms with Crippen molar-refractivity contribution in [3.8, 4) is 0 Å². The van der Waals surface area contributed by atoms with Crippen LogP contribution in [0.15, 0.2) is 30.5 Å². The summed E-state index contributed by atoms with van der Waals surface area (Å²) >= 11 is 5.98. The van der Waals surface area contributed by atoms with Gasteiger partial charge in [0.1, 0.15) is 11.5 Å². The van der Waals surface area contributed by atoms with Gasteiger partial charge in [-0.05, 0) is 30.2 Å². The van der Waals surface area contributed by atoms with Crippen LogP contribution in [0, 0.1) is 0 Å². The predicted octanol–water partition coefficient (Wildman–Crippen LogP) is 1.91. The van der Waals surface area contributed by atoms with Crippen molar-refractivity contribution in [1.29, 1.82) is 0 Å². The quantitative estimate of drug-likeness (QED) is 0.579. The standard InChI is InChI=1S/C14H16ClN5O/c1-2-9-4-3-7-17-11(9)8-18-14(21)13-10(15)5-6-12(19-13)20-16/h3-7H,2,8,16H2,1H3,(H,18,21)(H,19,20). The molecule has 0 fully saturated rings. The van der Waals surface area contributed by atoms with E-state index in [4.69, 9.17) is 17.4 Å². The zero-order chi connectivity index (χ0) is 15.2. The van der Waals surface area contributed by atoms with Gasteiger partial charge in [0.05, 0.1) is 17.3 Å². The van der Waals surface area contributed by atoms with Gasteiger partial charge in [-0.2, -0.15) is 0 Å². The average Bonchev–Trinajstić information content (AvgIpc) is 2.53. The van der Waals surface area contributed by atoms with Crippen LogP contribution in [-0.4, -0.2) is 15.9 Å². The molecule has 2 aromatic heterocycles. The largest absolute Gasteiger partial charge is 0.345 e. The van der Waals surface area contributed by atoms with Gasteiger partial charge in [0, 0.05) is 6.20 Å². The maximum Gasteiger partial charge on any atom is 0.271 e. The lowest BCUT2D eigenvalue weighted by molar-refractivity contribution is 0.0945. The van der Waals surface area contributed by atoms with E-state index in [0.29, 0.717) is 12.4 Å². The maximum atomic E-state index is 12.2. The second-order valence-corrected chi connectivity index (χ2v) is 4.72. The van der Waals surface area contributed by atoms with Crippen LogP contribution in [-0.2, 0) is 13.0 Å². The summed E-state index contributed by atoms with van der Waals surface area (Å²) in [6, 6.07) is 7.02. The van der Waals surface area contributed by atoms with Crippen molar-refractivity contribution < 1.29 is 4.79 Å². The van der Waals surface area contributed by atoms with Crippen molar-refractivity contribution in [2.45, 2.75) is 19.9 Å². The number of carbonyl (C=O) groups excluding carboxylic acids is 1. The van der Waals surface area contributed by atoms with Crippen molar-refractivity contribution in [1.82, 2.24) is 15.3 Å². The Morgan fingerprint density at radius 3 is 2.90 bits per heavy atom. The molecule has 0 radical (unpaired) electrons. The molecule has 110 valence electrons. The average molecular weight is 306 g/mol. The summed E-state index contributed by atoms with van der Waals surface area (Å²) in [6.07, 6.45) is 2.55. The molecule has 0 spiro atoms. The van der Waals surface area contributed by atoms with Crippen molar-refractivity contribution in [3.63, 3.8) is 0 Å². The first-order valence-electron chi connectivity index (χ1n) is 6.49. The van der Waals surface area contributed by atoms with Crippen LogP contribution in [0.2, 0.25) is 5.02 Å². The molecule has 0 aliphatic heterocycles. The molecule has 0 aliphatic carbocycles. The van der Waals surface area contributed by atoms with E-state index in [1.54, 1.807) is 18.3 Å². The smallest absolute Gasteiger partial charge is 0.271 e. The zero-order valence-electron chi connectivity index (χ0n) is 11.6. The fraction of sp³-hybridized carbons (Fsp3) is 0.214. The van der Waals surface area contributed by atoms with Gasteiger partial charge < -0.3 is 10.7 Å². The summed E-state index contributed by atoms with van der Waals surface area (Å²) < 4.78 is 0. The van der Waals surface area contributed by atoms with E-state index in [1.807, 2.05) is 19.1 Å². The molecule has 0 aromatic carbocycles. The van der Waals surface area contributed by atoms with Gasteiger partial charge in [-0.1, -0.05) is 24.6 Å². The minimum absolute atomic E-state index is 0.126. The summed E-state index contributed by atoms with van der Waals surface area (Å²) in [5.74, 6) is 5.28. The highest BCUT2D eigenvalue weighted by Gasteiger charge is 2.13. The number of nitrogens with one attached hydrogen (secondary N) is 2.